The lowest BCUT2D eigenvalue weighted by Crippen LogP contribution is -2.12. The highest BCUT2D eigenvalue weighted by molar-refractivity contribution is 5.62. The van der Waals surface area contributed by atoms with E-state index in [9.17, 15) is 8.78 Å². The van der Waals surface area contributed by atoms with E-state index in [0.717, 1.165) is 42.4 Å². The van der Waals surface area contributed by atoms with Crippen LogP contribution in [0.2, 0.25) is 0 Å². The van der Waals surface area contributed by atoms with E-state index in [2.05, 4.69) is 6.58 Å². The lowest BCUT2D eigenvalue weighted by molar-refractivity contribution is 0.0164. The van der Waals surface area contributed by atoms with E-state index in [-0.39, 0.29) is 5.56 Å². The van der Waals surface area contributed by atoms with Crippen molar-refractivity contribution >= 4 is 5.57 Å². The number of rotatable bonds is 5. The third-order valence-electron chi connectivity index (χ3n) is 4.37. The minimum Gasteiger partial charge on any atom is -0.202 e. The Morgan fingerprint density at radius 1 is 1.30 bits per heavy atom. The lowest BCUT2D eigenvalue weighted by Gasteiger charge is -2.18. The molecule has 0 spiro atoms. The smallest absolute Gasteiger partial charge is 0.202 e. The number of hydrogen-bond acceptors (Lipinski definition) is 0. The van der Waals surface area contributed by atoms with Crippen LogP contribution >= 0.6 is 0 Å². The molecule has 1 aliphatic carbocycles. The first-order valence-electron chi connectivity index (χ1n) is 7.55. The second-order valence-corrected chi connectivity index (χ2v) is 6.23. The summed E-state index contributed by atoms with van der Waals surface area (Å²) in [6, 6.07) is 5.40. The first-order chi connectivity index (χ1) is 9.38. The van der Waals surface area contributed by atoms with Crippen LogP contribution in [0.4, 0.5) is 8.78 Å². The Labute approximate surface area is 120 Å². The van der Waals surface area contributed by atoms with Gasteiger partial charge in [-0.15, -0.1) is 0 Å². The second kappa shape index (κ2) is 6.07. The summed E-state index contributed by atoms with van der Waals surface area (Å²) in [7, 11) is 0. The summed E-state index contributed by atoms with van der Waals surface area (Å²) in [6.07, 6.45) is 6.94. The molecular formula is C18H24F2. The van der Waals surface area contributed by atoms with E-state index in [1.165, 1.54) is 25.7 Å². The third-order valence-corrected chi connectivity index (χ3v) is 4.37. The standard InChI is InChI=1S/C18H24F2/c1-13(2)16-11-10-15(17(12-16)18(3,19)20)9-8-14-6-4-5-7-14/h10-12,14H,1,4-9H2,2-3H3. The molecule has 0 bridgehead atoms. The van der Waals surface area contributed by atoms with Crippen molar-refractivity contribution in [1.29, 1.82) is 0 Å². The van der Waals surface area contributed by atoms with Crippen molar-refractivity contribution in [2.45, 2.75) is 58.3 Å². The molecule has 0 amide bonds. The van der Waals surface area contributed by atoms with Gasteiger partial charge < -0.3 is 0 Å². The Morgan fingerprint density at radius 3 is 2.50 bits per heavy atom. The molecular weight excluding hydrogens is 254 g/mol. The van der Waals surface area contributed by atoms with Crippen LogP contribution in [0.25, 0.3) is 5.57 Å². The molecule has 20 heavy (non-hydrogen) atoms. The van der Waals surface area contributed by atoms with E-state index >= 15 is 0 Å². The number of aryl methyl sites for hydroxylation is 1. The molecule has 0 saturated heterocycles. The third kappa shape index (κ3) is 3.68. The average Bonchev–Trinajstić information content (AvgIpc) is 2.88. The SMILES string of the molecule is C=C(C)c1ccc(CCC2CCCC2)c(C(C)(F)F)c1. The zero-order chi connectivity index (χ0) is 14.8. The quantitative estimate of drug-likeness (QED) is 0.624. The summed E-state index contributed by atoms with van der Waals surface area (Å²) in [6.45, 7) is 6.68. The Balaban J connectivity index is 2.19. The first-order valence-corrected chi connectivity index (χ1v) is 7.55. The highest BCUT2D eigenvalue weighted by Gasteiger charge is 2.28. The zero-order valence-corrected chi connectivity index (χ0v) is 12.5. The average molecular weight is 278 g/mol. The van der Waals surface area contributed by atoms with Gasteiger partial charge in [-0.1, -0.05) is 50.0 Å². The molecule has 0 heterocycles. The zero-order valence-electron chi connectivity index (χ0n) is 12.5. The fourth-order valence-electron chi connectivity index (χ4n) is 3.13. The molecule has 0 unspecified atom stereocenters. The Bertz CT molecular complexity index is 477. The van der Waals surface area contributed by atoms with Crippen molar-refractivity contribution in [1.82, 2.24) is 0 Å². The van der Waals surface area contributed by atoms with Crippen LogP contribution in [0.15, 0.2) is 24.8 Å². The molecule has 2 rings (SSSR count). The van der Waals surface area contributed by atoms with Gasteiger partial charge in [-0.2, -0.15) is 0 Å². The summed E-state index contributed by atoms with van der Waals surface area (Å²) in [5.74, 6) is -2.05. The highest BCUT2D eigenvalue weighted by atomic mass is 19.3. The van der Waals surface area contributed by atoms with Crippen LogP contribution in [0.5, 0.6) is 0 Å². The van der Waals surface area contributed by atoms with Crippen LogP contribution in [-0.2, 0) is 12.3 Å². The van der Waals surface area contributed by atoms with Gasteiger partial charge in [0.1, 0.15) is 0 Å². The van der Waals surface area contributed by atoms with Gasteiger partial charge in [-0.05, 0) is 42.9 Å². The second-order valence-electron chi connectivity index (χ2n) is 6.23. The van der Waals surface area contributed by atoms with Crippen molar-refractivity contribution in [2.75, 3.05) is 0 Å². The van der Waals surface area contributed by atoms with Crippen molar-refractivity contribution in [3.63, 3.8) is 0 Å². The monoisotopic (exact) mass is 278 g/mol. The van der Waals surface area contributed by atoms with Crippen LogP contribution in [0.1, 0.15) is 62.6 Å². The van der Waals surface area contributed by atoms with Crippen molar-refractivity contribution in [3.05, 3.63) is 41.5 Å². The van der Waals surface area contributed by atoms with E-state index in [1.807, 2.05) is 19.1 Å². The van der Waals surface area contributed by atoms with E-state index in [4.69, 9.17) is 0 Å². The number of halogens is 2. The number of hydrogen-bond donors (Lipinski definition) is 0. The molecule has 1 aliphatic rings. The Kier molecular flexibility index (Phi) is 4.62. The Hall–Kier alpha value is -1.18. The predicted molar refractivity (Wildman–Crippen MR) is 81.0 cm³/mol. The molecule has 2 heteroatoms. The molecule has 0 radical (unpaired) electrons. The van der Waals surface area contributed by atoms with Gasteiger partial charge in [-0.25, -0.2) is 8.78 Å². The summed E-state index contributed by atoms with van der Waals surface area (Å²) in [5, 5.41) is 0. The summed E-state index contributed by atoms with van der Waals surface area (Å²) in [4.78, 5) is 0. The number of alkyl halides is 2. The van der Waals surface area contributed by atoms with Gasteiger partial charge in [0.15, 0.2) is 0 Å². The number of benzene rings is 1. The van der Waals surface area contributed by atoms with Gasteiger partial charge in [-0.3, -0.25) is 0 Å². The fourth-order valence-corrected chi connectivity index (χ4v) is 3.13. The van der Waals surface area contributed by atoms with Crippen LogP contribution < -0.4 is 0 Å². The van der Waals surface area contributed by atoms with Gasteiger partial charge >= 0.3 is 0 Å². The number of allylic oxidation sites excluding steroid dienone is 1. The van der Waals surface area contributed by atoms with Gasteiger partial charge in [0, 0.05) is 12.5 Å². The molecule has 0 N–H and O–H groups in total. The van der Waals surface area contributed by atoms with Crippen LogP contribution in [0, 0.1) is 5.92 Å². The van der Waals surface area contributed by atoms with Crippen molar-refractivity contribution < 1.29 is 8.78 Å². The van der Waals surface area contributed by atoms with Crippen molar-refractivity contribution in [2.24, 2.45) is 5.92 Å². The molecule has 0 atom stereocenters. The molecule has 1 aromatic carbocycles. The lowest BCUT2D eigenvalue weighted by atomic mass is 9.91. The topological polar surface area (TPSA) is 0 Å². The van der Waals surface area contributed by atoms with Crippen LogP contribution in [-0.4, -0.2) is 0 Å². The minimum absolute atomic E-state index is 0.177. The molecule has 1 aromatic rings. The van der Waals surface area contributed by atoms with E-state index in [0.29, 0.717) is 0 Å². The molecule has 1 fully saturated rings. The van der Waals surface area contributed by atoms with Crippen molar-refractivity contribution in [3.8, 4) is 0 Å². The normalized spacial score (nSPS) is 16.6. The predicted octanol–water partition coefficient (Wildman–Crippen LogP) is 5.95. The van der Waals surface area contributed by atoms with Gasteiger partial charge in [0.25, 0.3) is 5.92 Å². The Morgan fingerprint density at radius 2 is 1.95 bits per heavy atom. The summed E-state index contributed by atoms with van der Waals surface area (Å²) >= 11 is 0. The fraction of sp³-hybridized carbons (Fsp3) is 0.556. The molecule has 1 saturated carbocycles. The molecule has 0 aromatic heterocycles. The van der Waals surface area contributed by atoms with Gasteiger partial charge in [0.2, 0.25) is 0 Å². The van der Waals surface area contributed by atoms with E-state index < -0.39 is 5.92 Å². The molecule has 0 aliphatic heterocycles. The van der Waals surface area contributed by atoms with Crippen LogP contribution in [0.3, 0.4) is 0 Å². The maximum absolute atomic E-state index is 13.8. The first kappa shape index (κ1) is 15.2. The molecule has 0 nitrogen and oxygen atoms in total. The maximum Gasteiger partial charge on any atom is 0.270 e. The maximum atomic E-state index is 13.8. The summed E-state index contributed by atoms with van der Waals surface area (Å²) in [5.41, 5.74) is 2.62. The van der Waals surface area contributed by atoms with Gasteiger partial charge in [0.05, 0.1) is 0 Å². The molecule has 110 valence electrons. The largest absolute Gasteiger partial charge is 0.270 e. The highest BCUT2D eigenvalue weighted by Crippen LogP contribution is 2.34. The summed E-state index contributed by atoms with van der Waals surface area (Å²) < 4.78 is 27.7. The van der Waals surface area contributed by atoms with E-state index in [1.54, 1.807) is 6.07 Å². The minimum atomic E-state index is -2.78.